The molecule has 0 unspecified atom stereocenters. The molecule has 2 fully saturated rings. The van der Waals surface area contributed by atoms with Crippen molar-refractivity contribution in [3.05, 3.63) is 42.0 Å². The van der Waals surface area contributed by atoms with Crippen molar-refractivity contribution in [1.29, 1.82) is 0 Å². The topological polar surface area (TPSA) is 18.5 Å². The number of halogens is 2. The molecule has 1 aromatic carbocycles. The zero-order valence-corrected chi connectivity index (χ0v) is 16.3. The molecular weight excluding hydrogens is 341 g/mol. The SMILES string of the molecule is C=C(C)C[C@@H](c1ccc(N2CCCC2)cc1)N1CCNCC1.Cl.Cl. The molecule has 2 saturated heterocycles. The van der Waals surface area contributed by atoms with Crippen LogP contribution < -0.4 is 10.2 Å². The monoisotopic (exact) mass is 371 g/mol. The van der Waals surface area contributed by atoms with E-state index in [-0.39, 0.29) is 24.8 Å². The lowest BCUT2D eigenvalue weighted by Crippen LogP contribution is -2.45. The summed E-state index contributed by atoms with van der Waals surface area (Å²) in [6, 6.07) is 9.78. The van der Waals surface area contributed by atoms with Crippen molar-refractivity contribution in [2.45, 2.75) is 32.2 Å². The Bertz CT molecular complexity index is 492. The molecule has 0 radical (unpaired) electrons. The van der Waals surface area contributed by atoms with Crippen LogP contribution in [0, 0.1) is 0 Å². The maximum Gasteiger partial charge on any atom is 0.0386 e. The fourth-order valence-corrected chi connectivity index (χ4v) is 3.66. The summed E-state index contributed by atoms with van der Waals surface area (Å²) in [5, 5.41) is 3.45. The summed E-state index contributed by atoms with van der Waals surface area (Å²) < 4.78 is 0. The van der Waals surface area contributed by atoms with E-state index in [4.69, 9.17) is 0 Å². The zero-order chi connectivity index (χ0) is 15.4. The summed E-state index contributed by atoms with van der Waals surface area (Å²) in [6.07, 6.45) is 3.73. The predicted octanol–water partition coefficient (Wildman–Crippen LogP) is 4.04. The van der Waals surface area contributed by atoms with E-state index < -0.39 is 0 Å². The molecule has 3 nitrogen and oxygen atoms in total. The smallest absolute Gasteiger partial charge is 0.0386 e. The minimum atomic E-state index is 0. The molecule has 1 atom stereocenters. The Morgan fingerprint density at radius 1 is 1.04 bits per heavy atom. The first-order valence-corrected chi connectivity index (χ1v) is 8.68. The molecule has 0 aliphatic carbocycles. The van der Waals surface area contributed by atoms with Crippen molar-refractivity contribution in [3.63, 3.8) is 0 Å². The van der Waals surface area contributed by atoms with E-state index in [0.29, 0.717) is 6.04 Å². The molecule has 1 aromatic rings. The third-order valence-electron chi connectivity index (χ3n) is 4.88. The highest BCUT2D eigenvalue weighted by Crippen LogP contribution is 2.29. The van der Waals surface area contributed by atoms with Gasteiger partial charge in [-0.15, -0.1) is 31.4 Å². The van der Waals surface area contributed by atoms with Crippen LogP contribution in [0.5, 0.6) is 0 Å². The van der Waals surface area contributed by atoms with Crippen molar-refractivity contribution < 1.29 is 0 Å². The molecule has 0 amide bonds. The molecule has 5 heteroatoms. The van der Waals surface area contributed by atoms with E-state index >= 15 is 0 Å². The standard InChI is InChI=1S/C19H29N3.2ClH/c1-16(2)15-19(22-13-9-20-10-14-22)17-5-7-18(8-6-17)21-11-3-4-12-21;;/h5-8,19-20H,1,3-4,9-15H2,2H3;2*1H/t19-;;/m0../s1. The van der Waals surface area contributed by atoms with Gasteiger partial charge in [0.15, 0.2) is 0 Å². The van der Waals surface area contributed by atoms with Crippen LogP contribution in [0.15, 0.2) is 36.4 Å². The Balaban J connectivity index is 0.00000144. The summed E-state index contributed by atoms with van der Waals surface area (Å²) in [7, 11) is 0. The third-order valence-corrected chi connectivity index (χ3v) is 4.88. The number of anilines is 1. The zero-order valence-electron chi connectivity index (χ0n) is 14.7. The second-order valence-electron chi connectivity index (χ2n) is 6.75. The van der Waals surface area contributed by atoms with Crippen LogP contribution >= 0.6 is 24.8 Å². The summed E-state index contributed by atoms with van der Waals surface area (Å²) in [4.78, 5) is 5.11. The number of nitrogens with zero attached hydrogens (tertiary/aromatic N) is 2. The second kappa shape index (κ2) is 10.3. The summed E-state index contributed by atoms with van der Waals surface area (Å²) in [5.74, 6) is 0. The normalized spacial score (nSPS) is 19.3. The molecule has 24 heavy (non-hydrogen) atoms. The first-order valence-electron chi connectivity index (χ1n) is 8.68. The van der Waals surface area contributed by atoms with Crippen molar-refractivity contribution in [1.82, 2.24) is 10.2 Å². The van der Waals surface area contributed by atoms with Crippen molar-refractivity contribution in [3.8, 4) is 0 Å². The number of nitrogens with one attached hydrogen (secondary N) is 1. The molecular formula is C19H31Cl2N3. The molecule has 2 aliphatic heterocycles. The molecule has 3 rings (SSSR count). The maximum absolute atomic E-state index is 4.15. The predicted molar refractivity (Wildman–Crippen MR) is 109 cm³/mol. The lowest BCUT2D eigenvalue weighted by molar-refractivity contribution is 0.172. The fourth-order valence-electron chi connectivity index (χ4n) is 3.66. The van der Waals surface area contributed by atoms with E-state index in [1.165, 1.54) is 42.8 Å². The van der Waals surface area contributed by atoms with Gasteiger partial charge in [0.2, 0.25) is 0 Å². The molecule has 2 heterocycles. The Kier molecular flexibility index (Phi) is 9.14. The third kappa shape index (κ3) is 5.38. The minimum absolute atomic E-state index is 0. The second-order valence-corrected chi connectivity index (χ2v) is 6.75. The van der Waals surface area contributed by atoms with Crippen LogP contribution in [0.2, 0.25) is 0 Å². The van der Waals surface area contributed by atoms with Crippen LogP contribution in [0.1, 0.15) is 37.8 Å². The van der Waals surface area contributed by atoms with Gasteiger partial charge < -0.3 is 10.2 Å². The lowest BCUT2D eigenvalue weighted by atomic mass is 9.97. The Labute approximate surface area is 159 Å². The van der Waals surface area contributed by atoms with Gasteiger partial charge in [-0.2, -0.15) is 0 Å². The number of hydrogen-bond donors (Lipinski definition) is 1. The van der Waals surface area contributed by atoms with Gasteiger partial charge in [0.05, 0.1) is 0 Å². The molecule has 0 saturated carbocycles. The van der Waals surface area contributed by atoms with Crippen LogP contribution in [-0.2, 0) is 0 Å². The highest BCUT2D eigenvalue weighted by Gasteiger charge is 2.22. The number of piperazine rings is 1. The Morgan fingerprint density at radius 2 is 1.62 bits per heavy atom. The average molecular weight is 372 g/mol. The van der Waals surface area contributed by atoms with Gasteiger partial charge in [0.25, 0.3) is 0 Å². The van der Waals surface area contributed by atoms with E-state index in [1.54, 1.807) is 0 Å². The van der Waals surface area contributed by atoms with Crippen LogP contribution in [0.4, 0.5) is 5.69 Å². The Morgan fingerprint density at radius 3 is 2.17 bits per heavy atom. The molecule has 1 N–H and O–H groups in total. The van der Waals surface area contributed by atoms with Gasteiger partial charge in [-0.1, -0.05) is 17.7 Å². The van der Waals surface area contributed by atoms with E-state index in [0.717, 1.165) is 32.6 Å². The first kappa shape index (κ1) is 21.3. The van der Waals surface area contributed by atoms with Gasteiger partial charge in [-0.05, 0) is 43.9 Å². The van der Waals surface area contributed by atoms with Crippen LogP contribution in [0.25, 0.3) is 0 Å². The van der Waals surface area contributed by atoms with Gasteiger partial charge >= 0.3 is 0 Å². The molecule has 0 spiro atoms. The van der Waals surface area contributed by atoms with Gasteiger partial charge in [-0.25, -0.2) is 0 Å². The van der Waals surface area contributed by atoms with Gasteiger partial charge in [-0.3, -0.25) is 4.90 Å². The van der Waals surface area contributed by atoms with Crippen molar-refractivity contribution in [2.24, 2.45) is 0 Å². The molecule has 2 aliphatic rings. The summed E-state index contributed by atoms with van der Waals surface area (Å²) in [6.45, 7) is 13.2. The highest BCUT2D eigenvalue weighted by atomic mass is 35.5. The van der Waals surface area contributed by atoms with E-state index in [9.17, 15) is 0 Å². The van der Waals surface area contributed by atoms with Gasteiger partial charge in [0.1, 0.15) is 0 Å². The van der Waals surface area contributed by atoms with Crippen molar-refractivity contribution in [2.75, 3.05) is 44.2 Å². The summed E-state index contributed by atoms with van der Waals surface area (Å²) in [5.41, 5.74) is 4.09. The quantitative estimate of drug-likeness (QED) is 0.787. The Hall–Kier alpha value is -0.740. The average Bonchev–Trinajstić information content (AvgIpc) is 3.08. The van der Waals surface area contributed by atoms with E-state index in [2.05, 4.69) is 52.9 Å². The van der Waals surface area contributed by atoms with E-state index in [1.807, 2.05) is 0 Å². The number of rotatable bonds is 5. The van der Waals surface area contributed by atoms with Crippen LogP contribution in [0.3, 0.4) is 0 Å². The minimum Gasteiger partial charge on any atom is -0.372 e. The summed E-state index contributed by atoms with van der Waals surface area (Å²) >= 11 is 0. The van der Waals surface area contributed by atoms with Crippen LogP contribution in [-0.4, -0.2) is 44.2 Å². The first-order chi connectivity index (χ1) is 10.7. The lowest BCUT2D eigenvalue weighted by Gasteiger charge is -2.35. The molecule has 0 aromatic heterocycles. The maximum atomic E-state index is 4.15. The number of benzene rings is 1. The largest absolute Gasteiger partial charge is 0.372 e. The molecule has 136 valence electrons. The number of hydrogen-bond acceptors (Lipinski definition) is 3. The highest BCUT2D eigenvalue weighted by molar-refractivity contribution is 5.85. The van der Waals surface area contributed by atoms with Crippen molar-refractivity contribution >= 4 is 30.5 Å². The van der Waals surface area contributed by atoms with Gasteiger partial charge in [0, 0.05) is 51.0 Å². The molecule has 0 bridgehead atoms. The fraction of sp³-hybridized carbons (Fsp3) is 0.579.